The van der Waals surface area contributed by atoms with Crippen LogP contribution in [0.15, 0.2) is 47.4 Å². The molecular formula is C14H12ClN3O2S. The van der Waals surface area contributed by atoms with Crippen molar-refractivity contribution in [2.45, 2.75) is 11.3 Å². The summed E-state index contributed by atoms with van der Waals surface area (Å²) in [5.41, 5.74) is 7.03. The molecule has 0 atom stereocenters. The zero-order valence-electron chi connectivity index (χ0n) is 10.9. The predicted molar refractivity (Wildman–Crippen MR) is 82.4 cm³/mol. The Morgan fingerprint density at radius 3 is 2.43 bits per heavy atom. The summed E-state index contributed by atoms with van der Waals surface area (Å²) in [6.07, 6.45) is 0.279. The summed E-state index contributed by atoms with van der Waals surface area (Å²) in [5.74, 6) is 0. The molecule has 5 nitrogen and oxygen atoms in total. The fraction of sp³-hybridized carbons (Fsp3) is 0.0714. The number of hydrogen-bond donors (Lipinski definition) is 2. The molecule has 108 valence electrons. The third-order valence-electron chi connectivity index (χ3n) is 2.77. The molecule has 0 aliphatic heterocycles. The second-order valence-corrected chi connectivity index (χ2v) is 6.41. The Labute approximate surface area is 128 Å². The van der Waals surface area contributed by atoms with E-state index in [-0.39, 0.29) is 17.0 Å². The van der Waals surface area contributed by atoms with Crippen LogP contribution in [0, 0.1) is 11.3 Å². The van der Waals surface area contributed by atoms with Gasteiger partial charge in [-0.25, -0.2) is 8.42 Å². The number of sulfonamides is 1. The Kier molecular flexibility index (Phi) is 4.36. The molecule has 2 rings (SSSR count). The van der Waals surface area contributed by atoms with Crippen LogP contribution in [0.4, 0.5) is 11.4 Å². The lowest BCUT2D eigenvalue weighted by atomic mass is 10.1. The Morgan fingerprint density at radius 2 is 1.86 bits per heavy atom. The molecule has 0 spiro atoms. The van der Waals surface area contributed by atoms with Crippen molar-refractivity contribution in [2.75, 3.05) is 10.5 Å². The van der Waals surface area contributed by atoms with Crippen LogP contribution in [0.25, 0.3) is 0 Å². The van der Waals surface area contributed by atoms with Gasteiger partial charge in [-0.05, 0) is 35.9 Å². The molecular weight excluding hydrogens is 310 g/mol. The van der Waals surface area contributed by atoms with Crippen LogP contribution in [0.3, 0.4) is 0 Å². The molecule has 0 aliphatic rings. The molecule has 0 saturated heterocycles. The van der Waals surface area contributed by atoms with Gasteiger partial charge >= 0.3 is 0 Å². The van der Waals surface area contributed by atoms with Gasteiger partial charge in [-0.3, -0.25) is 4.72 Å². The van der Waals surface area contributed by atoms with E-state index in [0.29, 0.717) is 10.7 Å². The second kappa shape index (κ2) is 6.04. The highest BCUT2D eigenvalue weighted by Crippen LogP contribution is 2.24. The van der Waals surface area contributed by atoms with E-state index in [1.807, 2.05) is 6.07 Å². The fourth-order valence-corrected chi connectivity index (χ4v) is 2.90. The first kappa shape index (κ1) is 15.2. The zero-order valence-corrected chi connectivity index (χ0v) is 12.4. The number of nitriles is 1. The molecule has 21 heavy (non-hydrogen) atoms. The van der Waals surface area contributed by atoms with Gasteiger partial charge in [0.05, 0.1) is 28.1 Å². The number of nitrogens with zero attached hydrogens (tertiary/aromatic N) is 1. The van der Waals surface area contributed by atoms with Gasteiger partial charge in [-0.2, -0.15) is 5.26 Å². The number of benzene rings is 2. The van der Waals surface area contributed by atoms with E-state index in [1.165, 1.54) is 18.2 Å². The number of nitrogens with two attached hydrogens (primary N) is 1. The molecule has 0 radical (unpaired) electrons. The molecule has 0 aromatic heterocycles. The topological polar surface area (TPSA) is 96.0 Å². The molecule has 0 saturated carbocycles. The molecule has 0 unspecified atom stereocenters. The Hall–Kier alpha value is -2.23. The summed E-state index contributed by atoms with van der Waals surface area (Å²) in [4.78, 5) is 0.0329. The van der Waals surface area contributed by atoms with Crippen LogP contribution in [0.1, 0.15) is 5.56 Å². The predicted octanol–water partition coefficient (Wildman–Crippen LogP) is 2.79. The van der Waals surface area contributed by atoms with Crippen molar-refractivity contribution in [3.8, 4) is 6.07 Å². The molecule has 0 bridgehead atoms. The number of nitrogen functional groups attached to an aromatic ring is 1. The van der Waals surface area contributed by atoms with Crippen molar-refractivity contribution in [3.63, 3.8) is 0 Å². The summed E-state index contributed by atoms with van der Waals surface area (Å²) in [6, 6.07) is 12.7. The molecule has 3 N–H and O–H groups in total. The SMILES string of the molecule is N#CCc1ccc(NS(=O)(=O)c2ccc(Cl)c(N)c2)cc1. The van der Waals surface area contributed by atoms with Gasteiger partial charge < -0.3 is 5.73 Å². The highest BCUT2D eigenvalue weighted by atomic mass is 35.5. The first-order valence-electron chi connectivity index (χ1n) is 5.96. The largest absolute Gasteiger partial charge is 0.397 e. The van der Waals surface area contributed by atoms with Crippen molar-refractivity contribution in [1.29, 1.82) is 5.26 Å². The zero-order chi connectivity index (χ0) is 15.5. The van der Waals surface area contributed by atoms with E-state index in [9.17, 15) is 8.42 Å². The van der Waals surface area contributed by atoms with Crippen molar-refractivity contribution >= 4 is 33.0 Å². The minimum Gasteiger partial charge on any atom is -0.397 e. The summed E-state index contributed by atoms with van der Waals surface area (Å²) >= 11 is 5.77. The number of hydrogen-bond acceptors (Lipinski definition) is 4. The molecule has 7 heteroatoms. The number of nitrogens with one attached hydrogen (secondary N) is 1. The van der Waals surface area contributed by atoms with Crippen molar-refractivity contribution in [2.24, 2.45) is 0 Å². The third kappa shape index (κ3) is 3.66. The summed E-state index contributed by atoms with van der Waals surface area (Å²) in [7, 11) is -3.73. The van der Waals surface area contributed by atoms with E-state index < -0.39 is 10.0 Å². The maximum Gasteiger partial charge on any atom is 0.261 e. The van der Waals surface area contributed by atoms with Crippen LogP contribution in [0.5, 0.6) is 0 Å². The second-order valence-electron chi connectivity index (χ2n) is 4.32. The Morgan fingerprint density at radius 1 is 1.19 bits per heavy atom. The van der Waals surface area contributed by atoms with Crippen LogP contribution >= 0.6 is 11.6 Å². The number of anilines is 2. The minimum atomic E-state index is -3.73. The summed E-state index contributed by atoms with van der Waals surface area (Å²) in [6.45, 7) is 0. The van der Waals surface area contributed by atoms with Gasteiger partial charge in [0.2, 0.25) is 0 Å². The van der Waals surface area contributed by atoms with E-state index in [4.69, 9.17) is 22.6 Å². The van der Waals surface area contributed by atoms with Gasteiger partial charge in [0, 0.05) is 5.69 Å². The molecule has 0 heterocycles. The van der Waals surface area contributed by atoms with E-state index >= 15 is 0 Å². The Bertz CT molecular complexity index is 796. The lowest BCUT2D eigenvalue weighted by molar-refractivity contribution is 0.601. The van der Waals surface area contributed by atoms with Crippen LogP contribution in [-0.4, -0.2) is 8.42 Å². The molecule has 2 aromatic rings. The van der Waals surface area contributed by atoms with E-state index in [2.05, 4.69) is 4.72 Å². The van der Waals surface area contributed by atoms with Crippen LogP contribution < -0.4 is 10.5 Å². The van der Waals surface area contributed by atoms with Crippen molar-refractivity contribution in [3.05, 3.63) is 53.1 Å². The summed E-state index contributed by atoms with van der Waals surface area (Å²) < 4.78 is 26.9. The fourth-order valence-electron chi connectivity index (χ4n) is 1.68. The lowest BCUT2D eigenvalue weighted by Gasteiger charge is -2.09. The first-order chi connectivity index (χ1) is 9.92. The van der Waals surface area contributed by atoms with E-state index in [0.717, 1.165) is 5.56 Å². The highest BCUT2D eigenvalue weighted by molar-refractivity contribution is 7.92. The normalized spacial score (nSPS) is 10.9. The van der Waals surface area contributed by atoms with Crippen molar-refractivity contribution in [1.82, 2.24) is 0 Å². The van der Waals surface area contributed by atoms with E-state index in [1.54, 1.807) is 24.3 Å². The quantitative estimate of drug-likeness (QED) is 0.846. The molecule has 2 aromatic carbocycles. The first-order valence-corrected chi connectivity index (χ1v) is 7.82. The highest BCUT2D eigenvalue weighted by Gasteiger charge is 2.15. The smallest absolute Gasteiger partial charge is 0.261 e. The average molecular weight is 322 g/mol. The van der Waals surface area contributed by atoms with Gasteiger partial charge in [0.1, 0.15) is 0 Å². The molecule has 0 aliphatic carbocycles. The Balaban J connectivity index is 2.24. The third-order valence-corrected chi connectivity index (χ3v) is 4.49. The maximum atomic E-state index is 12.2. The van der Waals surface area contributed by atoms with Crippen LogP contribution in [-0.2, 0) is 16.4 Å². The van der Waals surface area contributed by atoms with Gasteiger partial charge in [-0.1, -0.05) is 23.7 Å². The van der Waals surface area contributed by atoms with Gasteiger partial charge in [0.25, 0.3) is 10.0 Å². The lowest BCUT2D eigenvalue weighted by Crippen LogP contribution is -2.13. The van der Waals surface area contributed by atoms with Gasteiger partial charge in [0.15, 0.2) is 0 Å². The number of rotatable bonds is 4. The van der Waals surface area contributed by atoms with Gasteiger partial charge in [-0.15, -0.1) is 0 Å². The summed E-state index contributed by atoms with van der Waals surface area (Å²) in [5, 5.41) is 8.89. The standard InChI is InChI=1S/C14H12ClN3O2S/c15-13-6-5-12(9-14(13)17)21(19,20)18-11-3-1-10(2-4-11)7-8-16/h1-6,9,18H,7,17H2. The number of halogens is 1. The average Bonchev–Trinajstić information content (AvgIpc) is 2.44. The van der Waals surface area contributed by atoms with Crippen LogP contribution in [0.2, 0.25) is 5.02 Å². The monoisotopic (exact) mass is 321 g/mol. The maximum absolute atomic E-state index is 12.2. The minimum absolute atomic E-state index is 0.0329. The molecule has 0 amide bonds. The molecule has 0 fully saturated rings. The van der Waals surface area contributed by atoms with Crippen molar-refractivity contribution < 1.29 is 8.42 Å².